The Bertz CT molecular complexity index is 227. The summed E-state index contributed by atoms with van der Waals surface area (Å²) in [5.41, 5.74) is 0. The Balaban J connectivity index is 4.52. The van der Waals surface area contributed by atoms with Crippen LogP contribution in [0.25, 0.3) is 0 Å². The number of ether oxygens (including phenoxy) is 1. The molecule has 0 aromatic heterocycles. The number of alkyl halides is 3. The lowest BCUT2D eigenvalue weighted by Gasteiger charge is -2.05. The average molecular weight is 210 g/mol. The molecule has 0 rings (SSSR count). The zero-order valence-electron chi connectivity index (χ0n) is 5.49. The molecule has 0 aliphatic heterocycles. The molecular formula is C4F6O3. The molecule has 0 bridgehead atoms. The van der Waals surface area contributed by atoms with Gasteiger partial charge in [-0.2, -0.15) is 8.78 Å². The number of hydrogen-bond acceptors (Lipinski definition) is 3. The second-order valence-electron chi connectivity index (χ2n) is 1.50. The van der Waals surface area contributed by atoms with Crippen LogP contribution < -0.4 is 0 Å². The standard InChI is InChI=1S/C4F6O3/c5-2(6)1(13-10)3(11)12-4(7,8)9. The van der Waals surface area contributed by atoms with Crippen molar-refractivity contribution in [1.29, 1.82) is 0 Å². The predicted octanol–water partition coefficient (Wildman–Crippen LogP) is 2.06. The number of carbonyl (C=O) groups is 1. The number of hydrogen-bond donors (Lipinski definition) is 0. The van der Waals surface area contributed by atoms with E-state index in [0.29, 0.717) is 0 Å². The smallest absolute Gasteiger partial charge is 0.367 e. The molecular weight excluding hydrogens is 210 g/mol. The molecule has 9 heteroatoms. The van der Waals surface area contributed by atoms with E-state index in [2.05, 4.69) is 9.68 Å². The lowest BCUT2D eigenvalue weighted by molar-refractivity contribution is -0.306. The van der Waals surface area contributed by atoms with Crippen LogP contribution in [0, 0.1) is 0 Å². The Morgan fingerprint density at radius 2 is 1.62 bits per heavy atom. The zero-order chi connectivity index (χ0) is 10.6. The van der Waals surface area contributed by atoms with Crippen molar-refractivity contribution in [3.63, 3.8) is 0 Å². The van der Waals surface area contributed by atoms with Gasteiger partial charge in [0.05, 0.1) is 0 Å². The molecule has 3 nitrogen and oxygen atoms in total. The van der Waals surface area contributed by atoms with Gasteiger partial charge < -0.3 is 4.74 Å². The van der Waals surface area contributed by atoms with Crippen LogP contribution in [-0.2, 0) is 14.5 Å². The molecule has 13 heavy (non-hydrogen) atoms. The van der Waals surface area contributed by atoms with E-state index in [0.717, 1.165) is 0 Å². The van der Waals surface area contributed by atoms with E-state index in [1.165, 1.54) is 0 Å². The van der Waals surface area contributed by atoms with Crippen LogP contribution in [-0.4, -0.2) is 12.3 Å². The molecule has 0 saturated heterocycles. The normalized spacial score (nSPS) is 10.6. The predicted molar refractivity (Wildman–Crippen MR) is 23.6 cm³/mol. The summed E-state index contributed by atoms with van der Waals surface area (Å²) < 4.78 is 69.7. The van der Waals surface area contributed by atoms with Gasteiger partial charge >= 0.3 is 24.2 Å². The summed E-state index contributed by atoms with van der Waals surface area (Å²) in [6, 6.07) is 0. The minimum absolute atomic E-state index is 2.17. The molecule has 0 atom stereocenters. The monoisotopic (exact) mass is 210 g/mol. The van der Waals surface area contributed by atoms with E-state index in [1.54, 1.807) is 0 Å². The Hall–Kier alpha value is -1.41. The molecule has 0 unspecified atom stereocenters. The molecule has 0 aromatic carbocycles. The number of halogens is 6. The van der Waals surface area contributed by atoms with E-state index >= 15 is 0 Å². The SMILES string of the molecule is O=C(OC(F)(F)F)C(OF)=C(F)F. The van der Waals surface area contributed by atoms with Gasteiger partial charge in [0.15, 0.2) is 0 Å². The maximum Gasteiger partial charge on any atom is 0.575 e. The summed E-state index contributed by atoms with van der Waals surface area (Å²) in [7, 11) is 0. The van der Waals surface area contributed by atoms with Gasteiger partial charge in [-0.15, -0.1) is 13.2 Å². The van der Waals surface area contributed by atoms with Crippen LogP contribution >= 0.6 is 0 Å². The van der Waals surface area contributed by atoms with Crippen molar-refractivity contribution in [1.82, 2.24) is 0 Å². The molecule has 0 aromatic rings. The molecule has 0 heterocycles. The molecule has 0 saturated carbocycles. The van der Waals surface area contributed by atoms with Crippen LogP contribution in [0.5, 0.6) is 0 Å². The Morgan fingerprint density at radius 3 is 1.85 bits per heavy atom. The summed E-state index contributed by atoms with van der Waals surface area (Å²) in [5, 5.41) is 0. The second kappa shape index (κ2) is 4.01. The molecule has 0 N–H and O–H groups in total. The molecule has 0 fully saturated rings. The zero-order valence-corrected chi connectivity index (χ0v) is 5.49. The fourth-order valence-electron chi connectivity index (χ4n) is 0.289. The molecule has 0 aliphatic carbocycles. The van der Waals surface area contributed by atoms with E-state index in [4.69, 9.17) is 0 Å². The van der Waals surface area contributed by atoms with Gasteiger partial charge in [0.1, 0.15) is 0 Å². The lowest BCUT2D eigenvalue weighted by Crippen LogP contribution is -2.21. The first kappa shape index (κ1) is 11.6. The van der Waals surface area contributed by atoms with Crippen molar-refractivity contribution in [3.8, 4) is 0 Å². The van der Waals surface area contributed by atoms with Crippen molar-refractivity contribution >= 4 is 5.97 Å². The maximum atomic E-state index is 11.4. The molecule has 0 radical (unpaired) electrons. The highest BCUT2D eigenvalue weighted by Gasteiger charge is 2.37. The Morgan fingerprint density at radius 1 is 1.15 bits per heavy atom. The van der Waals surface area contributed by atoms with Crippen LogP contribution in [0.4, 0.5) is 26.5 Å². The number of rotatable bonds is 2. The highest BCUT2D eigenvalue weighted by Crippen LogP contribution is 2.20. The Kier molecular flexibility index (Phi) is 3.57. The van der Waals surface area contributed by atoms with Crippen LogP contribution in [0.15, 0.2) is 11.8 Å². The van der Waals surface area contributed by atoms with Gasteiger partial charge in [0.25, 0.3) is 0 Å². The molecule has 76 valence electrons. The Labute approximate surface area is 66.4 Å². The van der Waals surface area contributed by atoms with Gasteiger partial charge in [-0.25, -0.2) is 4.79 Å². The molecule has 0 aliphatic rings. The summed E-state index contributed by atoms with van der Waals surface area (Å²) in [4.78, 5) is 12.2. The van der Waals surface area contributed by atoms with E-state index in [9.17, 15) is 31.3 Å². The topological polar surface area (TPSA) is 35.5 Å². The van der Waals surface area contributed by atoms with E-state index in [1.807, 2.05) is 0 Å². The van der Waals surface area contributed by atoms with Crippen LogP contribution in [0.2, 0.25) is 0 Å². The van der Waals surface area contributed by atoms with Crippen molar-refractivity contribution in [2.24, 2.45) is 0 Å². The third kappa shape index (κ3) is 4.23. The highest BCUT2D eigenvalue weighted by atomic mass is 19.4. The average Bonchev–Trinajstić information content (AvgIpc) is 1.82. The van der Waals surface area contributed by atoms with Crippen LogP contribution in [0.1, 0.15) is 0 Å². The van der Waals surface area contributed by atoms with E-state index in [-0.39, 0.29) is 0 Å². The van der Waals surface area contributed by atoms with Crippen LogP contribution in [0.3, 0.4) is 0 Å². The first-order valence-corrected chi connectivity index (χ1v) is 2.42. The van der Waals surface area contributed by atoms with Crippen molar-refractivity contribution < 1.29 is 41.0 Å². The second-order valence-corrected chi connectivity index (χ2v) is 1.50. The van der Waals surface area contributed by atoms with Gasteiger partial charge in [-0.1, -0.05) is 0 Å². The number of esters is 1. The van der Waals surface area contributed by atoms with Gasteiger partial charge in [0.2, 0.25) is 0 Å². The fraction of sp³-hybridized carbons (Fsp3) is 0.250. The van der Waals surface area contributed by atoms with Crippen molar-refractivity contribution in [2.75, 3.05) is 0 Å². The minimum Gasteiger partial charge on any atom is -0.367 e. The van der Waals surface area contributed by atoms with Gasteiger partial charge in [-0.05, 0) is 0 Å². The van der Waals surface area contributed by atoms with Gasteiger partial charge in [-0.3, -0.25) is 4.94 Å². The summed E-state index contributed by atoms with van der Waals surface area (Å²) in [6.45, 7) is 0. The van der Waals surface area contributed by atoms with Crippen molar-refractivity contribution in [3.05, 3.63) is 11.8 Å². The first-order chi connectivity index (χ1) is 5.78. The summed E-state index contributed by atoms with van der Waals surface area (Å²) >= 11 is 0. The van der Waals surface area contributed by atoms with E-state index < -0.39 is 24.2 Å². The number of carbonyl (C=O) groups excluding carboxylic acids is 1. The molecule has 0 amide bonds. The summed E-state index contributed by atoms with van der Waals surface area (Å²) in [6.07, 6.45) is -8.53. The lowest BCUT2D eigenvalue weighted by atomic mass is 10.5. The first-order valence-electron chi connectivity index (χ1n) is 2.42. The summed E-state index contributed by atoms with van der Waals surface area (Å²) in [5.74, 6) is -5.09. The quantitative estimate of drug-likeness (QED) is 0.303. The largest absolute Gasteiger partial charge is 0.575 e. The minimum atomic E-state index is -5.48. The highest BCUT2D eigenvalue weighted by molar-refractivity contribution is 5.86. The van der Waals surface area contributed by atoms with Crippen molar-refractivity contribution in [2.45, 2.75) is 6.36 Å². The fourth-order valence-corrected chi connectivity index (χ4v) is 0.289. The van der Waals surface area contributed by atoms with Gasteiger partial charge in [0, 0.05) is 4.53 Å². The maximum absolute atomic E-state index is 11.4. The third-order valence-corrected chi connectivity index (χ3v) is 0.643. The third-order valence-electron chi connectivity index (χ3n) is 0.643. The molecule has 0 spiro atoms.